The summed E-state index contributed by atoms with van der Waals surface area (Å²) in [5.41, 5.74) is 1.08. The SMILES string of the molecule is O=C(O)[C@@H]1CC[C@H](C(=O)NCCc2cccc(Cl)c2)C1. The Labute approximate surface area is 123 Å². The Morgan fingerprint density at radius 3 is 2.70 bits per heavy atom. The monoisotopic (exact) mass is 295 g/mol. The summed E-state index contributed by atoms with van der Waals surface area (Å²) in [6.07, 6.45) is 2.45. The third kappa shape index (κ3) is 3.97. The van der Waals surface area contributed by atoms with Gasteiger partial charge in [-0.05, 0) is 43.4 Å². The first-order chi connectivity index (χ1) is 9.56. The molecule has 0 saturated heterocycles. The van der Waals surface area contributed by atoms with Crippen LogP contribution in [0.25, 0.3) is 0 Å². The fourth-order valence-electron chi connectivity index (χ4n) is 2.61. The van der Waals surface area contributed by atoms with Crippen molar-refractivity contribution in [1.29, 1.82) is 0 Å². The van der Waals surface area contributed by atoms with Crippen LogP contribution in [0.4, 0.5) is 0 Å². The number of carboxylic acids is 1. The van der Waals surface area contributed by atoms with Crippen LogP contribution in [0.1, 0.15) is 24.8 Å². The zero-order valence-electron chi connectivity index (χ0n) is 11.1. The summed E-state index contributed by atoms with van der Waals surface area (Å²) in [6.45, 7) is 0.549. The molecule has 0 radical (unpaired) electrons. The molecule has 20 heavy (non-hydrogen) atoms. The number of benzene rings is 1. The molecule has 2 atom stereocenters. The first kappa shape index (κ1) is 14.9. The van der Waals surface area contributed by atoms with Gasteiger partial charge in [0.2, 0.25) is 5.91 Å². The molecule has 0 heterocycles. The molecule has 0 aliphatic heterocycles. The molecule has 0 bridgehead atoms. The van der Waals surface area contributed by atoms with E-state index in [-0.39, 0.29) is 17.7 Å². The zero-order valence-corrected chi connectivity index (χ0v) is 11.9. The number of halogens is 1. The Kier molecular flexibility index (Phi) is 5.01. The highest BCUT2D eigenvalue weighted by molar-refractivity contribution is 6.30. The molecule has 0 aromatic heterocycles. The molecule has 5 heteroatoms. The summed E-state index contributed by atoms with van der Waals surface area (Å²) in [5, 5.41) is 12.5. The third-order valence-electron chi connectivity index (χ3n) is 3.75. The summed E-state index contributed by atoms with van der Waals surface area (Å²) >= 11 is 5.89. The number of hydrogen-bond acceptors (Lipinski definition) is 2. The molecule has 2 rings (SSSR count). The molecule has 0 unspecified atom stereocenters. The first-order valence-corrected chi connectivity index (χ1v) is 7.19. The van der Waals surface area contributed by atoms with Crippen LogP contribution in [-0.4, -0.2) is 23.5 Å². The van der Waals surface area contributed by atoms with Crippen molar-refractivity contribution in [2.45, 2.75) is 25.7 Å². The van der Waals surface area contributed by atoms with Crippen molar-refractivity contribution in [2.75, 3.05) is 6.54 Å². The minimum Gasteiger partial charge on any atom is -0.481 e. The molecule has 1 aromatic carbocycles. The molecule has 108 valence electrons. The Balaban J connectivity index is 1.75. The summed E-state index contributed by atoms with van der Waals surface area (Å²) in [5.74, 6) is -1.34. The van der Waals surface area contributed by atoms with Crippen LogP contribution in [0.15, 0.2) is 24.3 Å². The van der Waals surface area contributed by atoms with E-state index in [4.69, 9.17) is 16.7 Å². The van der Waals surface area contributed by atoms with E-state index in [1.807, 2.05) is 24.3 Å². The van der Waals surface area contributed by atoms with E-state index in [1.165, 1.54) is 0 Å². The Bertz CT molecular complexity index is 504. The van der Waals surface area contributed by atoms with E-state index in [1.54, 1.807) is 0 Å². The van der Waals surface area contributed by atoms with Gasteiger partial charge in [0.05, 0.1) is 5.92 Å². The number of hydrogen-bond donors (Lipinski definition) is 2. The molecule has 1 aliphatic rings. The number of amides is 1. The van der Waals surface area contributed by atoms with Crippen molar-refractivity contribution in [1.82, 2.24) is 5.32 Å². The first-order valence-electron chi connectivity index (χ1n) is 6.81. The van der Waals surface area contributed by atoms with Gasteiger partial charge in [-0.3, -0.25) is 9.59 Å². The Hall–Kier alpha value is -1.55. The maximum absolute atomic E-state index is 11.9. The van der Waals surface area contributed by atoms with Gasteiger partial charge in [-0.1, -0.05) is 23.7 Å². The van der Waals surface area contributed by atoms with Gasteiger partial charge in [0.15, 0.2) is 0 Å². The smallest absolute Gasteiger partial charge is 0.306 e. The molecular formula is C15H18ClNO3. The van der Waals surface area contributed by atoms with Gasteiger partial charge in [0, 0.05) is 17.5 Å². The van der Waals surface area contributed by atoms with Crippen LogP contribution in [0.2, 0.25) is 5.02 Å². The molecule has 2 N–H and O–H groups in total. The number of rotatable bonds is 5. The topological polar surface area (TPSA) is 66.4 Å². The summed E-state index contributed by atoms with van der Waals surface area (Å²) in [4.78, 5) is 22.8. The second kappa shape index (κ2) is 6.75. The van der Waals surface area contributed by atoms with Gasteiger partial charge in [-0.15, -0.1) is 0 Å². The quantitative estimate of drug-likeness (QED) is 0.877. The third-order valence-corrected chi connectivity index (χ3v) is 3.99. The van der Waals surface area contributed by atoms with Crippen molar-refractivity contribution in [3.63, 3.8) is 0 Å². The van der Waals surface area contributed by atoms with E-state index < -0.39 is 5.97 Å². The van der Waals surface area contributed by atoms with Crippen molar-refractivity contribution < 1.29 is 14.7 Å². The second-order valence-electron chi connectivity index (χ2n) is 5.22. The largest absolute Gasteiger partial charge is 0.481 e. The van der Waals surface area contributed by atoms with Crippen molar-refractivity contribution in [3.05, 3.63) is 34.9 Å². The van der Waals surface area contributed by atoms with Gasteiger partial charge in [-0.25, -0.2) is 0 Å². The minimum atomic E-state index is -0.792. The van der Waals surface area contributed by atoms with E-state index in [0.29, 0.717) is 30.8 Å². The number of aliphatic carboxylic acids is 1. The van der Waals surface area contributed by atoms with Gasteiger partial charge in [-0.2, -0.15) is 0 Å². The zero-order chi connectivity index (χ0) is 14.5. The molecule has 1 aromatic rings. The van der Waals surface area contributed by atoms with Crippen LogP contribution in [-0.2, 0) is 16.0 Å². The molecule has 1 amide bonds. The number of carbonyl (C=O) groups excluding carboxylic acids is 1. The molecular weight excluding hydrogens is 278 g/mol. The van der Waals surface area contributed by atoms with E-state index in [0.717, 1.165) is 12.0 Å². The lowest BCUT2D eigenvalue weighted by atomic mass is 10.0. The van der Waals surface area contributed by atoms with Gasteiger partial charge < -0.3 is 10.4 Å². The molecule has 1 aliphatic carbocycles. The Morgan fingerprint density at radius 1 is 1.30 bits per heavy atom. The number of carboxylic acid groups (broad SMARTS) is 1. The Morgan fingerprint density at radius 2 is 2.05 bits per heavy atom. The van der Waals surface area contributed by atoms with Gasteiger partial charge in [0.1, 0.15) is 0 Å². The summed E-state index contributed by atoms with van der Waals surface area (Å²) < 4.78 is 0. The van der Waals surface area contributed by atoms with E-state index in [2.05, 4.69) is 5.32 Å². The normalized spacial score (nSPS) is 21.6. The summed E-state index contributed by atoms with van der Waals surface area (Å²) in [6, 6.07) is 7.54. The van der Waals surface area contributed by atoms with Crippen molar-refractivity contribution >= 4 is 23.5 Å². The number of nitrogens with one attached hydrogen (secondary N) is 1. The van der Waals surface area contributed by atoms with Crippen LogP contribution in [0, 0.1) is 11.8 Å². The van der Waals surface area contributed by atoms with Gasteiger partial charge in [0.25, 0.3) is 0 Å². The van der Waals surface area contributed by atoms with Crippen LogP contribution in [0.3, 0.4) is 0 Å². The van der Waals surface area contributed by atoms with Gasteiger partial charge >= 0.3 is 5.97 Å². The molecule has 1 saturated carbocycles. The van der Waals surface area contributed by atoms with E-state index in [9.17, 15) is 9.59 Å². The summed E-state index contributed by atoms with van der Waals surface area (Å²) in [7, 11) is 0. The van der Waals surface area contributed by atoms with Crippen LogP contribution in [0.5, 0.6) is 0 Å². The molecule has 0 spiro atoms. The lowest BCUT2D eigenvalue weighted by Crippen LogP contribution is -2.31. The van der Waals surface area contributed by atoms with Crippen molar-refractivity contribution in [2.24, 2.45) is 11.8 Å². The molecule has 1 fully saturated rings. The van der Waals surface area contributed by atoms with Crippen LogP contribution < -0.4 is 5.32 Å². The average molecular weight is 296 g/mol. The van der Waals surface area contributed by atoms with Crippen LogP contribution >= 0.6 is 11.6 Å². The standard InChI is InChI=1S/C15H18ClNO3/c16-13-3-1-2-10(8-13)6-7-17-14(18)11-4-5-12(9-11)15(19)20/h1-3,8,11-12H,4-7,9H2,(H,17,18)(H,19,20)/t11-,12+/m0/s1. The highest BCUT2D eigenvalue weighted by atomic mass is 35.5. The molecule has 4 nitrogen and oxygen atoms in total. The minimum absolute atomic E-state index is 0.0317. The lowest BCUT2D eigenvalue weighted by molar-refractivity contribution is -0.141. The average Bonchev–Trinajstić information content (AvgIpc) is 2.88. The fraction of sp³-hybridized carbons (Fsp3) is 0.467. The second-order valence-corrected chi connectivity index (χ2v) is 5.65. The lowest BCUT2D eigenvalue weighted by Gasteiger charge is -2.10. The predicted octanol–water partition coefficient (Wildman–Crippen LogP) is 2.50. The fourth-order valence-corrected chi connectivity index (χ4v) is 2.82. The van der Waals surface area contributed by atoms with Crippen molar-refractivity contribution in [3.8, 4) is 0 Å². The predicted molar refractivity (Wildman–Crippen MR) is 76.6 cm³/mol. The maximum Gasteiger partial charge on any atom is 0.306 e. The maximum atomic E-state index is 11.9. The highest BCUT2D eigenvalue weighted by Crippen LogP contribution is 2.31. The van der Waals surface area contributed by atoms with E-state index >= 15 is 0 Å². The highest BCUT2D eigenvalue weighted by Gasteiger charge is 2.33. The number of carbonyl (C=O) groups is 2.